The molecule has 3 rings (SSSR count). The Morgan fingerprint density at radius 2 is 1.71 bits per heavy atom. The Labute approximate surface area is 205 Å². The zero-order valence-corrected chi connectivity index (χ0v) is 19.5. The zero-order valence-electron chi connectivity index (χ0n) is 17.9. The number of carbonyl (C=O) groups is 2. The fourth-order valence-electron chi connectivity index (χ4n) is 2.83. The van der Waals surface area contributed by atoms with E-state index in [9.17, 15) is 19.7 Å². The molecule has 0 aliphatic carbocycles. The minimum atomic E-state index is -0.876. The first kappa shape index (κ1) is 24.9. The molecule has 0 fully saturated rings. The van der Waals surface area contributed by atoms with Crippen LogP contribution in [0.3, 0.4) is 0 Å². The first-order valence-electron chi connectivity index (χ1n) is 10.2. The number of hydrogen-bond acceptors (Lipinski definition) is 6. The molecule has 2 amide bonds. The van der Waals surface area contributed by atoms with Crippen LogP contribution >= 0.6 is 23.4 Å². The van der Waals surface area contributed by atoms with Crippen molar-refractivity contribution in [1.29, 1.82) is 0 Å². The number of nitrogens with zero attached hydrogens (tertiary/aromatic N) is 2. The first-order valence-corrected chi connectivity index (χ1v) is 11.7. The van der Waals surface area contributed by atoms with Gasteiger partial charge in [-0.15, -0.1) is 0 Å². The third-order valence-electron chi connectivity index (χ3n) is 4.62. The van der Waals surface area contributed by atoms with Gasteiger partial charge in [-0.25, -0.2) is 5.43 Å². The lowest BCUT2D eigenvalue weighted by Gasteiger charge is -2.17. The van der Waals surface area contributed by atoms with E-state index in [1.807, 2.05) is 30.3 Å². The molecule has 0 aliphatic rings. The van der Waals surface area contributed by atoms with E-state index in [0.717, 1.165) is 11.1 Å². The molecule has 10 heteroatoms. The van der Waals surface area contributed by atoms with Crippen LogP contribution < -0.4 is 10.7 Å². The Bertz CT molecular complexity index is 1160. The van der Waals surface area contributed by atoms with Crippen LogP contribution in [-0.2, 0) is 10.5 Å². The van der Waals surface area contributed by atoms with Gasteiger partial charge in [0.05, 0.1) is 11.1 Å². The van der Waals surface area contributed by atoms with Crippen molar-refractivity contribution in [3.05, 3.63) is 111 Å². The molecule has 0 bridgehead atoms. The topological polar surface area (TPSA) is 114 Å². The summed E-state index contributed by atoms with van der Waals surface area (Å²) < 4.78 is 0. The van der Waals surface area contributed by atoms with Gasteiger partial charge in [0.2, 0.25) is 0 Å². The number of non-ortho nitro benzene ring substituents is 1. The highest BCUT2D eigenvalue weighted by Crippen LogP contribution is 2.15. The molecule has 0 heterocycles. The van der Waals surface area contributed by atoms with E-state index in [1.165, 1.54) is 42.2 Å². The van der Waals surface area contributed by atoms with Gasteiger partial charge in [-0.05, 0) is 35.4 Å². The number of benzene rings is 3. The summed E-state index contributed by atoms with van der Waals surface area (Å²) in [4.78, 5) is 35.7. The third-order valence-corrected chi connectivity index (χ3v) is 5.98. The van der Waals surface area contributed by atoms with Gasteiger partial charge in [0.15, 0.2) is 0 Å². The summed E-state index contributed by atoms with van der Waals surface area (Å²) >= 11 is 7.35. The SMILES string of the molecule is O=C(N[C@H](CSCc1ccccc1)C(=O)NN=Cc1ccc(Cl)cc1)c1ccc([N+](=O)[O-])cc1. The molecule has 0 saturated heterocycles. The van der Waals surface area contributed by atoms with Crippen LogP contribution in [0.15, 0.2) is 84.0 Å². The lowest BCUT2D eigenvalue weighted by molar-refractivity contribution is -0.384. The summed E-state index contributed by atoms with van der Waals surface area (Å²) in [7, 11) is 0. The summed E-state index contributed by atoms with van der Waals surface area (Å²) in [6, 6.07) is 21.0. The van der Waals surface area contributed by atoms with Gasteiger partial charge in [-0.1, -0.05) is 54.1 Å². The third kappa shape index (κ3) is 7.72. The molecule has 1 atom stereocenters. The van der Waals surface area contributed by atoms with Gasteiger partial charge in [0.25, 0.3) is 17.5 Å². The lowest BCUT2D eigenvalue weighted by atomic mass is 10.2. The second-order valence-corrected chi connectivity index (χ2v) is 8.58. The number of hydrogen-bond donors (Lipinski definition) is 2. The molecule has 0 aromatic heterocycles. The van der Waals surface area contributed by atoms with Gasteiger partial charge in [-0.2, -0.15) is 16.9 Å². The van der Waals surface area contributed by atoms with Crippen LogP contribution in [0.25, 0.3) is 0 Å². The van der Waals surface area contributed by atoms with Crippen LogP contribution in [0, 0.1) is 10.1 Å². The van der Waals surface area contributed by atoms with E-state index in [4.69, 9.17) is 11.6 Å². The van der Waals surface area contributed by atoms with Crippen molar-refractivity contribution in [1.82, 2.24) is 10.7 Å². The van der Waals surface area contributed by atoms with Crippen LogP contribution in [0.4, 0.5) is 5.69 Å². The first-order chi connectivity index (χ1) is 16.4. The quantitative estimate of drug-likeness (QED) is 0.245. The summed E-state index contributed by atoms with van der Waals surface area (Å²) in [5.74, 6) is -0.0415. The second-order valence-electron chi connectivity index (χ2n) is 7.12. The summed E-state index contributed by atoms with van der Waals surface area (Å²) in [5.41, 5.74) is 4.38. The number of amides is 2. The van der Waals surface area contributed by atoms with Gasteiger partial charge in [0.1, 0.15) is 6.04 Å². The predicted molar refractivity (Wildman–Crippen MR) is 134 cm³/mol. The molecule has 0 aliphatic heterocycles. The highest BCUT2D eigenvalue weighted by atomic mass is 35.5. The van der Waals surface area contributed by atoms with Gasteiger partial charge in [-0.3, -0.25) is 19.7 Å². The molecule has 8 nitrogen and oxygen atoms in total. The number of carbonyl (C=O) groups excluding carboxylic acids is 2. The standard InChI is InChI=1S/C24H21ClN4O4S/c25-20-10-6-17(7-11-20)14-26-28-24(31)22(16-34-15-18-4-2-1-3-5-18)27-23(30)19-8-12-21(13-9-19)29(32)33/h1-14,22H,15-16H2,(H,27,30)(H,28,31)/t22-/m1/s1. The number of rotatable bonds is 10. The number of nitrogens with one attached hydrogen (secondary N) is 2. The molecule has 3 aromatic rings. The van der Waals surface area contributed by atoms with Crippen molar-refractivity contribution in [2.24, 2.45) is 5.10 Å². The molecule has 0 radical (unpaired) electrons. The predicted octanol–water partition coefficient (Wildman–Crippen LogP) is 4.43. The fourth-order valence-corrected chi connectivity index (χ4v) is 3.97. The smallest absolute Gasteiger partial charge is 0.269 e. The van der Waals surface area contributed by atoms with E-state index in [1.54, 1.807) is 24.3 Å². The lowest BCUT2D eigenvalue weighted by Crippen LogP contribution is -2.47. The monoisotopic (exact) mass is 496 g/mol. The van der Waals surface area contributed by atoms with E-state index in [-0.39, 0.29) is 11.3 Å². The maximum absolute atomic E-state index is 12.8. The van der Waals surface area contributed by atoms with E-state index in [2.05, 4.69) is 15.8 Å². The number of hydrazone groups is 1. The second kappa shape index (κ2) is 12.5. The highest BCUT2D eigenvalue weighted by Gasteiger charge is 2.22. The molecule has 0 saturated carbocycles. The van der Waals surface area contributed by atoms with Crippen LogP contribution in [0.1, 0.15) is 21.5 Å². The summed E-state index contributed by atoms with van der Waals surface area (Å²) in [6.07, 6.45) is 1.47. The molecule has 0 unspecified atom stereocenters. The minimum absolute atomic E-state index is 0.124. The van der Waals surface area contributed by atoms with Crippen LogP contribution in [0.5, 0.6) is 0 Å². The molecule has 2 N–H and O–H groups in total. The normalized spacial score (nSPS) is 11.7. The zero-order chi connectivity index (χ0) is 24.3. The van der Waals surface area contributed by atoms with Crippen LogP contribution in [0.2, 0.25) is 5.02 Å². The Kier molecular flexibility index (Phi) is 9.19. The molecule has 0 spiro atoms. The fraction of sp³-hybridized carbons (Fsp3) is 0.125. The number of thioether (sulfide) groups is 1. The summed E-state index contributed by atoms with van der Waals surface area (Å²) in [6.45, 7) is 0. The number of nitro groups is 1. The van der Waals surface area contributed by atoms with E-state index in [0.29, 0.717) is 16.5 Å². The van der Waals surface area contributed by atoms with Crippen LogP contribution in [-0.4, -0.2) is 34.7 Å². The Morgan fingerprint density at radius 1 is 1.03 bits per heavy atom. The Balaban J connectivity index is 1.65. The maximum atomic E-state index is 12.8. The van der Waals surface area contributed by atoms with Crippen molar-refractivity contribution in [3.63, 3.8) is 0 Å². The largest absolute Gasteiger partial charge is 0.339 e. The van der Waals surface area contributed by atoms with E-state index < -0.39 is 22.8 Å². The van der Waals surface area contributed by atoms with Crippen molar-refractivity contribution in [2.75, 3.05) is 5.75 Å². The minimum Gasteiger partial charge on any atom is -0.339 e. The molecule has 3 aromatic carbocycles. The molecule has 34 heavy (non-hydrogen) atoms. The molecular weight excluding hydrogens is 476 g/mol. The van der Waals surface area contributed by atoms with Crippen molar-refractivity contribution in [2.45, 2.75) is 11.8 Å². The van der Waals surface area contributed by atoms with Crippen molar-refractivity contribution in [3.8, 4) is 0 Å². The number of nitro benzene ring substituents is 1. The number of halogens is 1. The van der Waals surface area contributed by atoms with Crippen molar-refractivity contribution >= 4 is 47.1 Å². The van der Waals surface area contributed by atoms with Gasteiger partial charge >= 0.3 is 0 Å². The maximum Gasteiger partial charge on any atom is 0.269 e. The summed E-state index contributed by atoms with van der Waals surface area (Å²) in [5, 5.41) is 18.1. The molecular formula is C24H21ClN4O4S. The van der Waals surface area contributed by atoms with Gasteiger partial charge < -0.3 is 5.32 Å². The molecule has 174 valence electrons. The van der Waals surface area contributed by atoms with Crippen molar-refractivity contribution < 1.29 is 14.5 Å². The average Bonchev–Trinajstić information content (AvgIpc) is 2.85. The average molecular weight is 497 g/mol. The van der Waals surface area contributed by atoms with E-state index >= 15 is 0 Å². The Hall–Kier alpha value is -3.69. The highest BCUT2D eigenvalue weighted by molar-refractivity contribution is 7.98. The van der Waals surface area contributed by atoms with Gasteiger partial charge in [0, 0.05) is 34.2 Å². The Morgan fingerprint density at radius 3 is 2.35 bits per heavy atom.